The number of nitrogens with one attached hydrogen (secondary N) is 1. The van der Waals surface area contributed by atoms with Crippen molar-refractivity contribution < 1.29 is 0 Å². The van der Waals surface area contributed by atoms with Gasteiger partial charge in [0.15, 0.2) is 5.65 Å². The van der Waals surface area contributed by atoms with Gasteiger partial charge >= 0.3 is 0 Å². The number of rotatable bonds is 5. The van der Waals surface area contributed by atoms with Crippen LogP contribution in [0.1, 0.15) is 18.4 Å². The average molecular weight is 293 g/mol. The fourth-order valence-corrected chi connectivity index (χ4v) is 2.55. The largest absolute Gasteiger partial charge is 0.368 e. The monoisotopic (exact) mass is 293 g/mol. The first-order chi connectivity index (χ1) is 10.8. The van der Waals surface area contributed by atoms with E-state index in [4.69, 9.17) is 5.73 Å². The molecule has 0 amide bonds. The summed E-state index contributed by atoms with van der Waals surface area (Å²) in [5, 5.41) is 8.08. The molecular formula is C17H19N5. The Labute approximate surface area is 129 Å². The van der Waals surface area contributed by atoms with E-state index in [1.54, 1.807) is 0 Å². The molecule has 0 radical (unpaired) electrons. The van der Waals surface area contributed by atoms with Crippen molar-refractivity contribution >= 4 is 11.5 Å². The number of imidazole rings is 1. The summed E-state index contributed by atoms with van der Waals surface area (Å²) in [6.45, 7) is 1.56. The summed E-state index contributed by atoms with van der Waals surface area (Å²) in [6, 6.07) is 12.2. The highest BCUT2D eigenvalue weighted by Crippen LogP contribution is 2.29. The predicted molar refractivity (Wildman–Crippen MR) is 87.5 cm³/mol. The lowest BCUT2D eigenvalue weighted by Crippen LogP contribution is -2.07. The third-order valence-corrected chi connectivity index (χ3v) is 4.12. The molecule has 2 aromatic heterocycles. The van der Waals surface area contributed by atoms with E-state index < -0.39 is 0 Å². The van der Waals surface area contributed by atoms with Gasteiger partial charge in [-0.15, -0.1) is 5.10 Å². The topological polar surface area (TPSA) is 68.2 Å². The molecule has 1 aromatic carbocycles. The first kappa shape index (κ1) is 13.3. The van der Waals surface area contributed by atoms with Gasteiger partial charge < -0.3 is 11.1 Å². The van der Waals surface area contributed by atoms with Gasteiger partial charge in [0.1, 0.15) is 5.82 Å². The van der Waals surface area contributed by atoms with Gasteiger partial charge in [0, 0.05) is 18.7 Å². The molecule has 1 aliphatic rings. The van der Waals surface area contributed by atoms with E-state index in [0.29, 0.717) is 6.54 Å². The summed E-state index contributed by atoms with van der Waals surface area (Å²) in [5.74, 6) is 1.72. The van der Waals surface area contributed by atoms with E-state index in [-0.39, 0.29) is 0 Å². The second kappa shape index (κ2) is 5.42. The molecular weight excluding hydrogens is 274 g/mol. The molecule has 0 saturated heterocycles. The number of anilines is 1. The van der Waals surface area contributed by atoms with Crippen LogP contribution in [0.15, 0.2) is 42.6 Å². The van der Waals surface area contributed by atoms with E-state index in [9.17, 15) is 0 Å². The van der Waals surface area contributed by atoms with Crippen LogP contribution < -0.4 is 11.1 Å². The molecule has 1 saturated carbocycles. The Hall–Kier alpha value is -2.40. The third kappa shape index (κ3) is 2.55. The van der Waals surface area contributed by atoms with Gasteiger partial charge in [-0.25, -0.2) is 9.50 Å². The Balaban J connectivity index is 1.67. The molecule has 112 valence electrons. The van der Waals surface area contributed by atoms with Crippen molar-refractivity contribution in [3.63, 3.8) is 0 Å². The van der Waals surface area contributed by atoms with Crippen LogP contribution in [-0.4, -0.2) is 21.1 Å². The Morgan fingerprint density at radius 2 is 1.95 bits per heavy atom. The lowest BCUT2D eigenvalue weighted by molar-refractivity contribution is 0.862. The molecule has 0 atom stereocenters. The van der Waals surface area contributed by atoms with Gasteiger partial charge in [-0.3, -0.25) is 0 Å². The highest BCUT2D eigenvalue weighted by molar-refractivity contribution is 5.63. The van der Waals surface area contributed by atoms with Crippen LogP contribution in [0, 0.1) is 5.92 Å². The van der Waals surface area contributed by atoms with E-state index >= 15 is 0 Å². The van der Waals surface area contributed by atoms with Gasteiger partial charge in [-0.1, -0.05) is 24.3 Å². The second-order valence-electron chi connectivity index (χ2n) is 5.86. The van der Waals surface area contributed by atoms with E-state index in [2.05, 4.69) is 27.5 Å². The molecule has 5 nitrogen and oxygen atoms in total. The van der Waals surface area contributed by atoms with Crippen LogP contribution in [0.5, 0.6) is 0 Å². The van der Waals surface area contributed by atoms with E-state index in [1.807, 2.05) is 35.0 Å². The Bertz CT molecular complexity index is 786. The summed E-state index contributed by atoms with van der Waals surface area (Å²) < 4.78 is 1.90. The lowest BCUT2D eigenvalue weighted by Gasteiger charge is -2.06. The van der Waals surface area contributed by atoms with Gasteiger partial charge in [0.05, 0.1) is 11.9 Å². The number of fused-ring (bicyclic) bond motifs is 1. The number of hydrogen-bond acceptors (Lipinski definition) is 4. The van der Waals surface area contributed by atoms with Crippen molar-refractivity contribution in [3.05, 3.63) is 48.2 Å². The minimum atomic E-state index is 0.556. The molecule has 0 spiro atoms. The molecule has 4 rings (SSSR count). The zero-order valence-electron chi connectivity index (χ0n) is 12.4. The maximum absolute atomic E-state index is 5.65. The Morgan fingerprint density at radius 1 is 1.14 bits per heavy atom. The summed E-state index contributed by atoms with van der Waals surface area (Å²) in [5.41, 5.74) is 9.72. The van der Waals surface area contributed by atoms with Crippen LogP contribution in [-0.2, 0) is 6.54 Å². The average Bonchev–Trinajstić information content (AvgIpc) is 3.31. The van der Waals surface area contributed by atoms with Crippen molar-refractivity contribution in [1.29, 1.82) is 0 Å². The molecule has 1 fully saturated rings. The molecule has 2 heterocycles. The fourth-order valence-electron chi connectivity index (χ4n) is 2.55. The number of nitrogens with zero attached hydrogens (tertiary/aromatic N) is 3. The maximum Gasteiger partial charge on any atom is 0.154 e. The Kier molecular flexibility index (Phi) is 3.27. The highest BCUT2D eigenvalue weighted by atomic mass is 15.3. The smallest absolute Gasteiger partial charge is 0.154 e. The molecule has 0 unspecified atom stereocenters. The first-order valence-corrected chi connectivity index (χ1v) is 7.71. The van der Waals surface area contributed by atoms with Crippen LogP contribution in [0.3, 0.4) is 0 Å². The zero-order valence-corrected chi connectivity index (χ0v) is 12.4. The number of nitrogens with two attached hydrogens (primary N) is 1. The maximum atomic E-state index is 5.65. The number of hydrogen-bond donors (Lipinski definition) is 2. The molecule has 5 heteroatoms. The summed E-state index contributed by atoms with van der Waals surface area (Å²) >= 11 is 0. The number of benzene rings is 1. The minimum absolute atomic E-state index is 0.556. The zero-order chi connectivity index (χ0) is 14.9. The Morgan fingerprint density at radius 3 is 2.68 bits per heavy atom. The van der Waals surface area contributed by atoms with Gasteiger partial charge in [-0.05, 0) is 36.5 Å². The summed E-state index contributed by atoms with van der Waals surface area (Å²) in [4.78, 5) is 4.43. The van der Waals surface area contributed by atoms with Crippen molar-refractivity contribution in [2.24, 2.45) is 11.7 Å². The lowest BCUT2D eigenvalue weighted by atomic mass is 10.1. The van der Waals surface area contributed by atoms with Gasteiger partial charge in [0.2, 0.25) is 0 Å². The van der Waals surface area contributed by atoms with Gasteiger partial charge in [-0.2, -0.15) is 0 Å². The van der Waals surface area contributed by atoms with Crippen molar-refractivity contribution in [2.45, 2.75) is 19.4 Å². The van der Waals surface area contributed by atoms with Crippen LogP contribution >= 0.6 is 0 Å². The summed E-state index contributed by atoms with van der Waals surface area (Å²) in [6.07, 6.45) is 4.53. The van der Waals surface area contributed by atoms with Crippen molar-refractivity contribution in [1.82, 2.24) is 14.6 Å². The first-order valence-electron chi connectivity index (χ1n) is 7.71. The second-order valence-corrected chi connectivity index (χ2v) is 5.86. The SMILES string of the molecule is NCc1ccc(-c2cnc3ccc(NCC4CC4)nn23)cc1. The van der Waals surface area contributed by atoms with Crippen LogP contribution in [0.2, 0.25) is 0 Å². The molecule has 0 bridgehead atoms. The number of aromatic nitrogens is 3. The predicted octanol–water partition coefficient (Wildman–Crippen LogP) is 2.68. The van der Waals surface area contributed by atoms with Crippen molar-refractivity contribution in [3.8, 4) is 11.3 Å². The van der Waals surface area contributed by atoms with Crippen molar-refractivity contribution in [2.75, 3.05) is 11.9 Å². The fraction of sp³-hybridized carbons (Fsp3) is 0.294. The normalized spacial score (nSPS) is 14.4. The van der Waals surface area contributed by atoms with E-state index in [1.165, 1.54) is 12.8 Å². The van der Waals surface area contributed by atoms with Gasteiger partial charge in [0.25, 0.3) is 0 Å². The molecule has 22 heavy (non-hydrogen) atoms. The quantitative estimate of drug-likeness (QED) is 0.759. The highest BCUT2D eigenvalue weighted by Gasteiger charge is 2.20. The molecule has 0 aliphatic heterocycles. The molecule has 3 aromatic rings. The standard InChI is InChI=1S/C17H19N5/c18-9-12-3-5-14(6-4-12)15-11-20-17-8-7-16(21-22(15)17)19-10-13-1-2-13/h3-8,11,13H,1-2,9-10,18H2,(H,19,21). The minimum Gasteiger partial charge on any atom is -0.368 e. The van der Waals surface area contributed by atoms with Crippen LogP contribution in [0.4, 0.5) is 5.82 Å². The third-order valence-electron chi connectivity index (χ3n) is 4.12. The van der Waals surface area contributed by atoms with E-state index in [0.717, 1.165) is 40.7 Å². The van der Waals surface area contributed by atoms with Crippen LogP contribution in [0.25, 0.3) is 16.9 Å². The summed E-state index contributed by atoms with van der Waals surface area (Å²) in [7, 11) is 0. The molecule has 1 aliphatic carbocycles. The molecule has 3 N–H and O–H groups in total.